The lowest BCUT2D eigenvalue weighted by Gasteiger charge is -2.30. The normalized spacial score (nSPS) is 16.3. The molecule has 2 aliphatic heterocycles. The Morgan fingerprint density at radius 3 is 2.63 bits per heavy atom. The van der Waals surface area contributed by atoms with Crippen LogP contribution in [0.1, 0.15) is 45.7 Å². The van der Waals surface area contributed by atoms with E-state index < -0.39 is 5.91 Å². The van der Waals surface area contributed by atoms with E-state index in [9.17, 15) is 9.59 Å². The zero-order valence-electron chi connectivity index (χ0n) is 14.8. The molecule has 0 saturated carbocycles. The number of halogens is 1. The largest absolute Gasteiger partial charge is 0.366 e. The maximum absolute atomic E-state index is 13.2. The predicted molar refractivity (Wildman–Crippen MR) is 103 cm³/mol. The molecule has 1 saturated heterocycles. The summed E-state index contributed by atoms with van der Waals surface area (Å²) in [6.07, 6.45) is 5.11. The minimum atomic E-state index is -0.488. The molecule has 2 aliphatic rings. The van der Waals surface area contributed by atoms with Crippen LogP contribution in [-0.2, 0) is 6.42 Å². The van der Waals surface area contributed by atoms with Crippen LogP contribution in [0.2, 0.25) is 5.02 Å². The molecule has 7 nitrogen and oxygen atoms in total. The van der Waals surface area contributed by atoms with Crippen LogP contribution < -0.4 is 15.5 Å². The summed E-state index contributed by atoms with van der Waals surface area (Å²) < 4.78 is 0. The standard InChI is InChI=1S/C19H20ClN5O2/c20-14-11-22-19(24-8-1-2-9-24)23-16(14)18(27)25-10-4-6-12-13(17(21)26)5-3-7-15(12)25/h3,5,7,11H,1-2,4,6,8-10H2,(H2,21,26). The molecule has 0 spiro atoms. The van der Waals surface area contributed by atoms with Crippen LogP contribution in [0.15, 0.2) is 24.4 Å². The van der Waals surface area contributed by atoms with Crippen molar-refractivity contribution in [3.8, 4) is 0 Å². The third-order valence-corrected chi connectivity index (χ3v) is 5.36. The van der Waals surface area contributed by atoms with Gasteiger partial charge in [0.25, 0.3) is 5.91 Å². The molecule has 0 radical (unpaired) electrons. The van der Waals surface area contributed by atoms with Gasteiger partial charge in [0.15, 0.2) is 5.69 Å². The summed E-state index contributed by atoms with van der Waals surface area (Å²) in [5, 5.41) is 0.223. The summed E-state index contributed by atoms with van der Waals surface area (Å²) in [5.74, 6) is -0.244. The molecule has 3 heterocycles. The fraction of sp³-hybridized carbons (Fsp3) is 0.368. The molecule has 0 aliphatic carbocycles. The predicted octanol–water partition coefficient (Wildman–Crippen LogP) is 2.42. The van der Waals surface area contributed by atoms with E-state index in [0.717, 1.165) is 37.9 Å². The van der Waals surface area contributed by atoms with E-state index in [1.807, 2.05) is 6.07 Å². The maximum Gasteiger partial charge on any atom is 0.278 e. The molecule has 8 heteroatoms. The Balaban J connectivity index is 1.71. The van der Waals surface area contributed by atoms with Crippen molar-refractivity contribution < 1.29 is 9.59 Å². The summed E-state index contributed by atoms with van der Waals surface area (Å²) in [4.78, 5) is 37.4. The zero-order valence-corrected chi connectivity index (χ0v) is 15.6. The third kappa shape index (κ3) is 3.23. The van der Waals surface area contributed by atoms with Gasteiger partial charge in [0.05, 0.1) is 11.2 Å². The SMILES string of the molecule is NC(=O)c1cccc2c1CCCN2C(=O)c1nc(N2CCCC2)ncc1Cl. The smallest absolute Gasteiger partial charge is 0.278 e. The van der Waals surface area contributed by atoms with E-state index in [2.05, 4.69) is 14.9 Å². The second-order valence-corrected chi connectivity index (χ2v) is 7.20. The molecule has 27 heavy (non-hydrogen) atoms. The number of carbonyl (C=O) groups is 2. The van der Waals surface area contributed by atoms with Gasteiger partial charge in [-0.3, -0.25) is 9.59 Å². The van der Waals surface area contributed by atoms with Crippen LogP contribution in [0.4, 0.5) is 11.6 Å². The highest BCUT2D eigenvalue weighted by Gasteiger charge is 2.29. The topological polar surface area (TPSA) is 92.4 Å². The van der Waals surface area contributed by atoms with Gasteiger partial charge in [-0.05, 0) is 43.4 Å². The lowest BCUT2D eigenvalue weighted by molar-refractivity contribution is 0.0973. The lowest BCUT2D eigenvalue weighted by atomic mass is 9.95. The molecule has 1 fully saturated rings. The summed E-state index contributed by atoms with van der Waals surface area (Å²) >= 11 is 6.26. The number of amides is 2. The van der Waals surface area contributed by atoms with Crippen LogP contribution in [0.3, 0.4) is 0 Å². The fourth-order valence-corrected chi connectivity index (χ4v) is 3.94. The molecular weight excluding hydrogens is 366 g/mol. The number of rotatable bonds is 3. The van der Waals surface area contributed by atoms with Gasteiger partial charge in [-0.25, -0.2) is 9.97 Å². The number of aromatic nitrogens is 2. The zero-order chi connectivity index (χ0) is 19.0. The van der Waals surface area contributed by atoms with Crippen molar-refractivity contribution in [2.45, 2.75) is 25.7 Å². The molecule has 0 atom stereocenters. The van der Waals surface area contributed by atoms with Gasteiger partial charge in [-0.2, -0.15) is 0 Å². The van der Waals surface area contributed by atoms with E-state index in [4.69, 9.17) is 17.3 Å². The average Bonchev–Trinajstić information content (AvgIpc) is 3.21. The van der Waals surface area contributed by atoms with Crippen molar-refractivity contribution in [2.24, 2.45) is 5.73 Å². The van der Waals surface area contributed by atoms with E-state index in [-0.39, 0.29) is 16.6 Å². The number of anilines is 2. The number of hydrogen-bond donors (Lipinski definition) is 1. The summed E-state index contributed by atoms with van der Waals surface area (Å²) in [5.41, 5.74) is 7.63. The number of nitrogens with zero attached hydrogens (tertiary/aromatic N) is 4. The van der Waals surface area contributed by atoms with Gasteiger partial charge in [0.1, 0.15) is 0 Å². The van der Waals surface area contributed by atoms with Crippen molar-refractivity contribution in [2.75, 3.05) is 29.4 Å². The van der Waals surface area contributed by atoms with Crippen LogP contribution in [0.25, 0.3) is 0 Å². The maximum atomic E-state index is 13.2. The Labute approximate surface area is 162 Å². The molecule has 0 bridgehead atoms. The second kappa shape index (κ2) is 7.15. The minimum Gasteiger partial charge on any atom is -0.366 e. The Morgan fingerprint density at radius 1 is 1.11 bits per heavy atom. The molecule has 1 aromatic carbocycles. The highest BCUT2D eigenvalue weighted by atomic mass is 35.5. The molecule has 0 unspecified atom stereocenters. The van der Waals surface area contributed by atoms with E-state index in [0.29, 0.717) is 30.2 Å². The Morgan fingerprint density at radius 2 is 1.89 bits per heavy atom. The van der Waals surface area contributed by atoms with E-state index >= 15 is 0 Å². The summed E-state index contributed by atoms with van der Waals surface area (Å²) in [6, 6.07) is 5.26. The first kappa shape index (κ1) is 17.7. The number of primary amides is 1. The number of hydrogen-bond acceptors (Lipinski definition) is 5. The Bertz CT molecular complexity index is 911. The van der Waals surface area contributed by atoms with Crippen LogP contribution >= 0.6 is 11.6 Å². The molecular formula is C19H20ClN5O2. The van der Waals surface area contributed by atoms with Crippen molar-refractivity contribution in [1.82, 2.24) is 9.97 Å². The number of fused-ring (bicyclic) bond motifs is 1. The van der Waals surface area contributed by atoms with Crippen LogP contribution in [0, 0.1) is 0 Å². The second-order valence-electron chi connectivity index (χ2n) is 6.79. The van der Waals surface area contributed by atoms with Gasteiger partial charge in [0.2, 0.25) is 11.9 Å². The Hall–Kier alpha value is -2.67. The van der Waals surface area contributed by atoms with Gasteiger partial charge >= 0.3 is 0 Å². The Kier molecular flexibility index (Phi) is 4.70. The summed E-state index contributed by atoms with van der Waals surface area (Å²) in [6.45, 7) is 2.29. The van der Waals surface area contributed by atoms with Crippen molar-refractivity contribution in [1.29, 1.82) is 0 Å². The molecule has 140 valence electrons. The van der Waals surface area contributed by atoms with Gasteiger partial charge in [0, 0.05) is 30.9 Å². The average molecular weight is 386 g/mol. The first-order valence-corrected chi connectivity index (χ1v) is 9.45. The fourth-order valence-electron chi connectivity index (χ4n) is 3.77. The number of nitrogens with two attached hydrogens (primary N) is 1. The van der Waals surface area contributed by atoms with E-state index in [1.54, 1.807) is 17.0 Å². The monoisotopic (exact) mass is 385 g/mol. The number of carbonyl (C=O) groups excluding carboxylic acids is 2. The van der Waals surface area contributed by atoms with Crippen molar-refractivity contribution in [3.63, 3.8) is 0 Å². The van der Waals surface area contributed by atoms with E-state index in [1.165, 1.54) is 6.20 Å². The van der Waals surface area contributed by atoms with Gasteiger partial charge in [-0.1, -0.05) is 17.7 Å². The first-order valence-electron chi connectivity index (χ1n) is 9.07. The number of benzene rings is 1. The van der Waals surface area contributed by atoms with Crippen LogP contribution in [0.5, 0.6) is 0 Å². The molecule has 2 aromatic rings. The van der Waals surface area contributed by atoms with Gasteiger partial charge < -0.3 is 15.5 Å². The molecule has 4 rings (SSSR count). The molecule has 1 aromatic heterocycles. The lowest BCUT2D eigenvalue weighted by Crippen LogP contribution is -2.37. The van der Waals surface area contributed by atoms with Gasteiger partial charge in [-0.15, -0.1) is 0 Å². The van der Waals surface area contributed by atoms with Crippen molar-refractivity contribution >= 4 is 35.1 Å². The highest BCUT2D eigenvalue weighted by molar-refractivity contribution is 6.34. The summed E-state index contributed by atoms with van der Waals surface area (Å²) in [7, 11) is 0. The van der Waals surface area contributed by atoms with Crippen LogP contribution in [-0.4, -0.2) is 41.4 Å². The first-order chi connectivity index (χ1) is 13.1. The molecule has 2 amide bonds. The highest BCUT2D eigenvalue weighted by Crippen LogP contribution is 2.32. The molecule has 2 N–H and O–H groups in total. The van der Waals surface area contributed by atoms with Crippen molar-refractivity contribution in [3.05, 3.63) is 46.2 Å². The third-order valence-electron chi connectivity index (χ3n) is 5.08. The quantitative estimate of drug-likeness (QED) is 0.875. The minimum absolute atomic E-state index is 0.186.